The molecule has 5 rings (SSSR count). The third-order valence-corrected chi connectivity index (χ3v) is 7.92. The van der Waals surface area contributed by atoms with Crippen LogP contribution in [0.2, 0.25) is 0 Å². The lowest BCUT2D eigenvalue weighted by molar-refractivity contribution is 0.00500. The highest BCUT2D eigenvalue weighted by Gasteiger charge is 2.54. The van der Waals surface area contributed by atoms with E-state index in [1.807, 2.05) is 18.2 Å². The second kappa shape index (κ2) is 6.74. The zero-order chi connectivity index (χ0) is 17.3. The fraction of sp³-hybridized carbons (Fsp3) is 0.625. The highest BCUT2D eigenvalue weighted by molar-refractivity contribution is 5.35. The first-order valence-corrected chi connectivity index (χ1v) is 10.4. The van der Waals surface area contributed by atoms with Crippen LogP contribution in [0.3, 0.4) is 0 Å². The second-order valence-corrected chi connectivity index (χ2v) is 9.23. The number of nitrogens with zero attached hydrogens (tertiary/aromatic N) is 1. The van der Waals surface area contributed by atoms with Crippen LogP contribution in [0.25, 0.3) is 0 Å². The molecule has 0 N–H and O–H groups in total. The normalized spacial score (nSPS) is 41.5. The number of rotatable bonds is 0. The summed E-state index contributed by atoms with van der Waals surface area (Å²) >= 11 is 0. The maximum Gasteiger partial charge on any atom is 0.0267 e. The summed E-state index contributed by atoms with van der Waals surface area (Å²) in [4.78, 5) is 3.78. The van der Waals surface area contributed by atoms with Gasteiger partial charge in [-0.3, -0.25) is 4.98 Å². The molecule has 1 aromatic rings. The molecule has 0 amide bonds. The lowest BCUT2D eigenvalue weighted by atomic mass is 9.49. The highest BCUT2D eigenvalue weighted by atomic mass is 14.6. The molecule has 1 heteroatoms. The number of hydrogen-bond donors (Lipinski definition) is 0. The third kappa shape index (κ3) is 3.00. The fourth-order valence-electron chi connectivity index (χ4n) is 6.49. The van der Waals surface area contributed by atoms with Crippen molar-refractivity contribution in [3.05, 3.63) is 54.4 Å². The fourth-order valence-corrected chi connectivity index (χ4v) is 6.49. The van der Waals surface area contributed by atoms with Gasteiger partial charge in [0.15, 0.2) is 0 Å². The van der Waals surface area contributed by atoms with Gasteiger partial charge in [-0.05, 0) is 91.2 Å². The van der Waals surface area contributed by atoms with Gasteiger partial charge in [0, 0.05) is 12.4 Å². The van der Waals surface area contributed by atoms with Gasteiger partial charge in [0.2, 0.25) is 0 Å². The van der Waals surface area contributed by atoms with Gasteiger partial charge in [-0.2, -0.15) is 0 Å². The molecule has 2 fully saturated rings. The third-order valence-electron chi connectivity index (χ3n) is 7.92. The zero-order valence-corrected chi connectivity index (χ0v) is 16.0. The van der Waals surface area contributed by atoms with Gasteiger partial charge < -0.3 is 0 Å². The van der Waals surface area contributed by atoms with Crippen molar-refractivity contribution >= 4 is 0 Å². The predicted octanol–water partition coefficient (Wildman–Crippen LogP) is 6.59. The molecule has 25 heavy (non-hydrogen) atoms. The van der Waals surface area contributed by atoms with Crippen LogP contribution < -0.4 is 0 Å². The number of aromatic nitrogens is 1. The summed E-state index contributed by atoms with van der Waals surface area (Å²) in [6, 6.07) is 5.72. The molecule has 2 saturated carbocycles. The van der Waals surface area contributed by atoms with Gasteiger partial charge in [0.25, 0.3) is 0 Å². The summed E-state index contributed by atoms with van der Waals surface area (Å²) in [6.07, 6.45) is 22.8. The molecule has 5 atom stereocenters. The van der Waals surface area contributed by atoms with Crippen molar-refractivity contribution in [2.45, 2.75) is 65.2 Å². The monoisotopic (exact) mass is 335 g/mol. The number of allylic oxidation sites excluding steroid dienone is 4. The highest BCUT2D eigenvalue weighted by Crippen LogP contribution is 2.63. The summed E-state index contributed by atoms with van der Waals surface area (Å²) in [7, 11) is 0. The van der Waals surface area contributed by atoms with Crippen LogP contribution in [0.5, 0.6) is 0 Å². The average molecular weight is 336 g/mol. The van der Waals surface area contributed by atoms with E-state index in [2.05, 4.69) is 37.1 Å². The minimum absolute atomic E-state index is 0.515. The van der Waals surface area contributed by atoms with E-state index in [1.165, 1.54) is 51.4 Å². The van der Waals surface area contributed by atoms with Crippen LogP contribution in [0.1, 0.15) is 65.2 Å². The van der Waals surface area contributed by atoms with Crippen molar-refractivity contribution in [2.75, 3.05) is 0 Å². The lowest BCUT2D eigenvalue weighted by Crippen LogP contribution is -2.47. The topological polar surface area (TPSA) is 12.9 Å². The molecule has 134 valence electrons. The van der Waals surface area contributed by atoms with E-state index in [-0.39, 0.29) is 0 Å². The summed E-state index contributed by atoms with van der Waals surface area (Å²) in [6.45, 7) is 5.17. The van der Waals surface area contributed by atoms with Gasteiger partial charge in [0.05, 0.1) is 0 Å². The van der Waals surface area contributed by atoms with E-state index >= 15 is 0 Å². The maximum absolute atomic E-state index is 3.78. The van der Waals surface area contributed by atoms with Crippen molar-refractivity contribution in [3.63, 3.8) is 0 Å². The van der Waals surface area contributed by atoms with Gasteiger partial charge in [-0.15, -0.1) is 0 Å². The molecular weight excluding hydrogens is 302 g/mol. The van der Waals surface area contributed by atoms with Crippen molar-refractivity contribution in [3.8, 4) is 0 Å². The van der Waals surface area contributed by atoms with E-state index in [0.717, 1.165) is 17.8 Å². The quantitative estimate of drug-likeness (QED) is 0.521. The van der Waals surface area contributed by atoms with Crippen LogP contribution in [0.4, 0.5) is 0 Å². The average Bonchev–Trinajstić information content (AvgIpc) is 3.05. The van der Waals surface area contributed by atoms with E-state index in [0.29, 0.717) is 10.8 Å². The Kier molecular flexibility index (Phi) is 4.60. The van der Waals surface area contributed by atoms with E-state index in [1.54, 1.807) is 18.0 Å². The Bertz CT molecular complexity index is 619. The molecule has 1 heterocycles. The maximum atomic E-state index is 3.78. The van der Waals surface area contributed by atoms with Crippen LogP contribution >= 0.6 is 0 Å². The molecule has 4 aliphatic rings. The number of pyridine rings is 1. The molecule has 0 radical (unpaired) electrons. The first-order valence-electron chi connectivity index (χ1n) is 10.4. The Hall–Kier alpha value is -1.37. The Balaban J connectivity index is 0.000000223. The molecule has 0 unspecified atom stereocenters. The Morgan fingerprint density at radius 3 is 2.48 bits per heavy atom. The first-order chi connectivity index (χ1) is 12.1. The largest absolute Gasteiger partial charge is 0.265 e. The second-order valence-electron chi connectivity index (χ2n) is 9.23. The molecular formula is C24H33N. The molecule has 0 bridgehead atoms. The molecule has 0 saturated heterocycles. The Morgan fingerprint density at radius 2 is 1.76 bits per heavy atom. The molecule has 1 nitrogen and oxygen atoms in total. The van der Waals surface area contributed by atoms with Gasteiger partial charge in [0.1, 0.15) is 0 Å². The predicted molar refractivity (Wildman–Crippen MR) is 105 cm³/mol. The minimum atomic E-state index is 0.515. The minimum Gasteiger partial charge on any atom is -0.265 e. The van der Waals surface area contributed by atoms with Gasteiger partial charge in [-0.1, -0.05) is 44.6 Å². The smallest absolute Gasteiger partial charge is 0.0267 e. The number of hydrogen-bond acceptors (Lipinski definition) is 1. The van der Waals surface area contributed by atoms with Crippen molar-refractivity contribution in [1.29, 1.82) is 0 Å². The van der Waals surface area contributed by atoms with Crippen LogP contribution in [-0.4, -0.2) is 4.98 Å². The molecule has 0 aliphatic heterocycles. The number of fused-ring (bicyclic) bond motifs is 5. The lowest BCUT2D eigenvalue weighted by Gasteiger charge is -2.55. The van der Waals surface area contributed by atoms with Gasteiger partial charge >= 0.3 is 0 Å². The standard InChI is InChI=1S/C19H28.C5H5N/c1-18-11-5-7-16(18)15-9-8-14-6-3-4-12-19(14,2)17(15)10-13-18;1-2-4-6-5-3-1/h6,8-9,15-17H,3-5,7,10-13H2,1-2H3;1-5H/t15-,16-,17-,18-,19-;/m0./s1. The van der Waals surface area contributed by atoms with E-state index < -0.39 is 0 Å². The summed E-state index contributed by atoms with van der Waals surface area (Å²) < 4.78 is 0. The Labute approximate surface area is 153 Å². The first kappa shape index (κ1) is 17.1. The van der Waals surface area contributed by atoms with Gasteiger partial charge in [-0.25, -0.2) is 0 Å². The van der Waals surface area contributed by atoms with Crippen LogP contribution in [0.15, 0.2) is 54.4 Å². The van der Waals surface area contributed by atoms with Crippen molar-refractivity contribution in [2.24, 2.45) is 28.6 Å². The van der Waals surface area contributed by atoms with Crippen LogP contribution in [0, 0.1) is 28.6 Å². The van der Waals surface area contributed by atoms with E-state index in [4.69, 9.17) is 0 Å². The van der Waals surface area contributed by atoms with E-state index in [9.17, 15) is 0 Å². The van der Waals surface area contributed by atoms with Crippen molar-refractivity contribution in [1.82, 2.24) is 4.98 Å². The Morgan fingerprint density at radius 1 is 0.920 bits per heavy atom. The van der Waals surface area contributed by atoms with Crippen LogP contribution in [-0.2, 0) is 0 Å². The SMILES string of the molecule is C[C@@]12CCC[C@H]1[C@@H]1C=CC3=CCCC[C@]3(C)[C@H]1CC2.c1ccncc1. The molecule has 4 aliphatic carbocycles. The zero-order valence-electron chi connectivity index (χ0n) is 16.0. The molecule has 0 aromatic carbocycles. The molecule has 1 aromatic heterocycles. The molecule has 0 spiro atoms. The van der Waals surface area contributed by atoms with Crippen molar-refractivity contribution < 1.29 is 0 Å². The summed E-state index contributed by atoms with van der Waals surface area (Å²) in [5, 5.41) is 0. The summed E-state index contributed by atoms with van der Waals surface area (Å²) in [5.74, 6) is 2.82. The summed E-state index contributed by atoms with van der Waals surface area (Å²) in [5.41, 5.74) is 2.88.